The van der Waals surface area contributed by atoms with Gasteiger partial charge in [-0.3, -0.25) is 0 Å². The number of rotatable bonds is 3. The first-order valence-corrected chi connectivity index (χ1v) is 11.4. The Kier molecular flexibility index (Phi) is 4.49. The number of fused-ring (bicyclic) bond motifs is 3. The van der Waals surface area contributed by atoms with Crippen LogP contribution in [0.25, 0.3) is 5.65 Å². The van der Waals surface area contributed by atoms with Crippen LogP contribution in [-0.4, -0.2) is 38.4 Å². The number of carbonyl (C=O) groups is 1. The van der Waals surface area contributed by atoms with Crippen molar-refractivity contribution in [1.82, 2.24) is 19.9 Å². The highest BCUT2D eigenvalue weighted by Crippen LogP contribution is 2.54. The van der Waals surface area contributed by atoms with Gasteiger partial charge in [0, 0.05) is 29.1 Å². The van der Waals surface area contributed by atoms with Gasteiger partial charge < -0.3 is 15.4 Å². The molecule has 2 fully saturated rings. The number of aromatic nitrogens is 3. The van der Waals surface area contributed by atoms with Gasteiger partial charge in [0.2, 0.25) is 0 Å². The summed E-state index contributed by atoms with van der Waals surface area (Å²) in [6, 6.07) is 2.48. The normalized spacial score (nSPS) is 27.1. The Labute approximate surface area is 178 Å². The van der Waals surface area contributed by atoms with E-state index in [4.69, 9.17) is 9.72 Å². The van der Waals surface area contributed by atoms with Gasteiger partial charge in [-0.05, 0) is 58.8 Å². The first kappa shape index (κ1) is 19.6. The van der Waals surface area contributed by atoms with Gasteiger partial charge in [-0.2, -0.15) is 9.61 Å². The van der Waals surface area contributed by atoms with Crippen molar-refractivity contribution in [3.8, 4) is 0 Å². The summed E-state index contributed by atoms with van der Waals surface area (Å²) in [4.78, 5) is 17.1. The molecule has 1 spiro atoms. The number of alkyl carbamates (subject to hydrolysis) is 1. The van der Waals surface area contributed by atoms with E-state index in [-0.39, 0.29) is 17.6 Å². The molecule has 7 nitrogen and oxygen atoms in total. The standard InChI is InChI=1S/C23H33N5O2/c1-14-11-17-19(23(14)8-5-6-9-23)27-18-7-10-24-28(18)20(17)25-15-12-16(13-15)26-21(29)30-22(2,3)4/h7,10,14-16,25H,5-6,8-9,11-13H2,1-4H3,(H,26,29). The van der Waals surface area contributed by atoms with Crippen molar-refractivity contribution in [1.29, 1.82) is 0 Å². The molecule has 1 unspecified atom stereocenters. The minimum atomic E-state index is -0.471. The van der Waals surface area contributed by atoms with Crippen molar-refractivity contribution in [3.05, 3.63) is 23.5 Å². The van der Waals surface area contributed by atoms with Gasteiger partial charge in [-0.1, -0.05) is 19.8 Å². The zero-order valence-electron chi connectivity index (χ0n) is 18.5. The molecule has 0 aromatic carbocycles. The predicted octanol–water partition coefficient (Wildman–Crippen LogP) is 4.20. The van der Waals surface area contributed by atoms with Crippen molar-refractivity contribution in [2.45, 2.75) is 95.7 Å². The third-order valence-electron chi connectivity index (χ3n) is 7.25. The molecule has 7 heteroatoms. The van der Waals surface area contributed by atoms with Crippen LogP contribution in [0.1, 0.15) is 77.5 Å². The zero-order chi connectivity index (χ0) is 21.1. The lowest BCUT2D eigenvalue weighted by atomic mass is 9.76. The Morgan fingerprint density at radius 2 is 1.97 bits per heavy atom. The van der Waals surface area contributed by atoms with Gasteiger partial charge in [0.05, 0.1) is 11.9 Å². The third kappa shape index (κ3) is 3.22. The summed E-state index contributed by atoms with van der Waals surface area (Å²) in [5.41, 5.74) is 3.37. The summed E-state index contributed by atoms with van der Waals surface area (Å²) >= 11 is 0. The van der Waals surface area contributed by atoms with Crippen LogP contribution in [0, 0.1) is 5.92 Å². The van der Waals surface area contributed by atoms with Crippen LogP contribution in [0.4, 0.5) is 10.6 Å². The summed E-state index contributed by atoms with van der Waals surface area (Å²) in [5, 5.41) is 11.3. The highest BCUT2D eigenvalue weighted by Gasteiger charge is 2.49. The molecule has 0 aliphatic heterocycles. The zero-order valence-corrected chi connectivity index (χ0v) is 18.5. The molecule has 2 aromatic rings. The number of ether oxygens (including phenoxy) is 1. The lowest BCUT2D eigenvalue weighted by Crippen LogP contribution is -2.51. The van der Waals surface area contributed by atoms with E-state index in [0.29, 0.717) is 12.0 Å². The highest BCUT2D eigenvalue weighted by molar-refractivity contribution is 5.68. The van der Waals surface area contributed by atoms with Gasteiger partial charge in [-0.15, -0.1) is 0 Å². The molecule has 2 heterocycles. The smallest absolute Gasteiger partial charge is 0.407 e. The first-order valence-electron chi connectivity index (χ1n) is 11.4. The van der Waals surface area contributed by atoms with Gasteiger partial charge in [0.1, 0.15) is 11.4 Å². The molecule has 2 saturated carbocycles. The van der Waals surface area contributed by atoms with Crippen molar-refractivity contribution in [2.24, 2.45) is 5.92 Å². The fourth-order valence-corrected chi connectivity index (χ4v) is 5.72. The molecule has 1 amide bonds. The van der Waals surface area contributed by atoms with Gasteiger partial charge in [0.15, 0.2) is 5.65 Å². The maximum absolute atomic E-state index is 12.0. The topological polar surface area (TPSA) is 80.5 Å². The van der Waals surface area contributed by atoms with Gasteiger partial charge in [0.25, 0.3) is 0 Å². The summed E-state index contributed by atoms with van der Waals surface area (Å²) < 4.78 is 7.34. The fraction of sp³-hybridized carbons (Fsp3) is 0.696. The van der Waals surface area contributed by atoms with E-state index in [1.54, 1.807) is 0 Å². The number of nitrogens with zero attached hydrogens (tertiary/aromatic N) is 3. The minimum Gasteiger partial charge on any atom is -0.444 e. The second-order valence-electron chi connectivity index (χ2n) is 10.5. The van der Waals surface area contributed by atoms with E-state index in [1.807, 2.05) is 37.5 Å². The highest BCUT2D eigenvalue weighted by atomic mass is 16.6. The second kappa shape index (κ2) is 6.86. The van der Waals surface area contributed by atoms with E-state index in [9.17, 15) is 4.79 Å². The molecule has 2 aromatic heterocycles. The predicted molar refractivity (Wildman–Crippen MR) is 116 cm³/mol. The van der Waals surface area contributed by atoms with Crippen LogP contribution in [0.2, 0.25) is 0 Å². The average Bonchev–Trinajstić information content (AvgIpc) is 3.33. The molecule has 0 radical (unpaired) electrons. The molecule has 30 heavy (non-hydrogen) atoms. The van der Waals surface area contributed by atoms with Crippen LogP contribution in [-0.2, 0) is 16.6 Å². The minimum absolute atomic E-state index is 0.153. The Morgan fingerprint density at radius 3 is 2.67 bits per heavy atom. The van der Waals surface area contributed by atoms with Crippen LogP contribution < -0.4 is 10.6 Å². The molecular formula is C23H33N5O2. The molecule has 0 saturated heterocycles. The molecule has 1 atom stereocenters. The lowest BCUT2D eigenvalue weighted by Gasteiger charge is -2.37. The monoisotopic (exact) mass is 411 g/mol. The number of carbonyl (C=O) groups excluding carboxylic acids is 1. The lowest BCUT2D eigenvalue weighted by molar-refractivity contribution is 0.0475. The number of hydrogen-bond acceptors (Lipinski definition) is 5. The summed E-state index contributed by atoms with van der Waals surface area (Å²) in [7, 11) is 0. The molecule has 5 rings (SSSR count). The largest absolute Gasteiger partial charge is 0.444 e. The Hall–Kier alpha value is -2.31. The number of hydrogen-bond donors (Lipinski definition) is 2. The van der Waals surface area contributed by atoms with Crippen molar-refractivity contribution >= 4 is 17.6 Å². The van der Waals surface area contributed by atoms with E-state index < -0.39 is 5.60 Å². The van der Waals surface area contributed by atoms with Gasteiger partial charge in [-0.25, -0.2) is 9.78 Å². The Bertz CT molecular complexity index is 964. The maximum atomic E-state index is 12.0. The van der Waals surface area contributed by atoms with Crippen LogP contribution in [0.3, 0.4) is 0 Å². The van der Waals surface area contributed by atoms with E-state index in [1.165, 1.54) is 36.9 Å². The van der Waals surface area contributed by atoms with E-state index in [0.717, 1.165) is 30.7 Å². The molecule has 0 bridgehead atoms. The molecule has 162 valence electrons. The number of anilines is 1. The van der Waals surface area contributed by atoms with Crippen molar-refractivity contribution in [3.63, 3.8) is 0 Å². The summed E-state index contributed by atoms with van der Waals surface area (Å²) in [6.45, 7) is 8.04. The SMILES string of the molecule is CC1Cc2c(nc3ccnn3c2NC2CC(NC(=O)OC(C)(C)C)C2)C12CCCC2. The molecule has 2 N–H and O–H groups in total. The van der Waals surface area contributed by atoms with Crippen molar-refractivity contribution < 1.29 is 9.53 Å². The molecular weight excluding hydrogens is 378 g/mol. The van der Waals surface area contributed by atoms with E-state index in [2.05, 4.69) is 22.7 Å². The third-order valence-corrected chi connectivity index (χ3v) is 7.25. The summed E-state index contributed by atoms with van der Waals surface area (Å²) in [5.74, 6) is 1.73. The maximum Gasteiger partial charge on any atom is 0.407 e. The number of amides is 1. The van der Waals surface area contributed by atoms with Crippen LogP contribution in [0.5, 0.6) is 0 Å². The second-order valence-corrected chi connectivity index (χ2v) is 10.5. The van der Waals surface area contributed by atoms with Crippen LogP contribution in [0.15, 0.2) is 12.3 Å². The quantitative estimate of drug-likeness (QED) is 0.791. The first-order chi connectivity index (χ1) is 14.2. The molecule has 3 aliphatic carbocycles. The fourth-order valence-electron chi connectivity index (χ4n) is 5.72. The van der Waals surface area contributed by atoms with Gasteiger partial charge >= 0.3 is 6.09 Å². The van der Waals surface area contributed by atoms with E-state index >= 15 is 0 Å². The summed E-state index contributed by atoms with van der Waals surface area (Å²) in [6.07, 6.45) is 9.46. The molecule has 3 aliphatic rings. The van der Waals surface area contributed by atoms with Crippen LogP contribution >= 0.6 is 0 Å². The Morgan fingerprint density at radius 1 is 1.23 bits per heavy atom. The van der Waals surface area contributed by atoms with Crippen molar-refractivity contribution in [2.75, 3.05) is 5.32 Å². The number of nitrogens with one attached hydrogen (secondary N) is 2. The average molecular weight is 412 g/mol. The Balaban J connectivity index is 1.34.